The van der Waals surface area contributed by atoms with Gasteiger partial charge in [0, 0.05) is 10.3 Å². The van der Waals surface area contributed by atoms with Crippen molar-refractivity contribution < 1.29 is 9.59 Å². The van der Waals surface area contributed by atoms with Gasteiger partial charge < -0.3 is 11.1 Å². The molecule has 174 valence electrons. The Morgan fingerprint density at radius 3 is 2.65 bits per heavy atom. The van der Waals surface area contributed by atoms with Gasteiger partial charge in [-0.05, 0) is 59.7 Å². The maximum Gasteiger partial charge on any atom is 0.257 e. The molecule has 1 aliphatic carbocycles. The molecule has 1 aliphatic rings. The summed E-state index contributed by atoms with van der Waals surface area (Å²) in [5.41, 5.74) is 9.51. The summed E-state index contributed by atoms with van der Waals surface area (Å²) in [5, 5.41) is 6.35. The highest BCUT2D eigenvalue weighted by molar-refractivity contribution is 7.17. The number of fused-ring (bicyclic) bond motifs is 2. The van der Waals surface area contributed by atoms with Crippen molar-refractivity contribution in [2.45, 2.75) is 40.0 Å². The molecule has 1 aromatic carbocycles. The van der Waals surface area contributed by atoms with Gasteiger partial charge in [0.15, 0.2) is 0 Å². The lowest BCUT2D eigenvalue weighted by atomic mass is 9.72. The Hall–Kier alpha value is -3.03. The van der Waals surface area contributed by atoms with E-state index in [0.717, 1.165) is 51.2 Å². The molecular formula is C27H27N3O2S2. The van der Waals surface area contributed by atoms with Gasteiger partial charge in [0.2, 0.25) is 0 Å². The second-order valence-electron chi connectivity index (χ2n) is 9.88. The van der Waals surface area contributed by atoms with Crippen molar-refractivity contribution in [1.82, 2.24) is 4.98 Å². The van der Waals surface area contributed by atoms with Crippen LogP contribution in [0.4, 0.5) is 5.00 Å². The van der Waals surface area contributed by atoms with E-state index in [-0.39, 0.29) is 11.3 Å². The molecular weight excluding hydrogens is 462 g/mol. The maximum atomic E-state index is 13.6. The molecule has 2 amide bonds. The van der Waals surface area contributed by atoms with Crippen LogP contribution in [-0.4, -0.2) is 16.8 Å². The normalized spacial score (nSPS) is 15.8. The Labute approximate surface area is 207 Å². The van der Waals surface area contributed by atoms with E-state index < -0.39 is 5.91 Å². The summed E-state index contributed by atoms with van der Waals surface area (Å²) in [7, 11) is 0. The Kier molecular flexibility index (Phi) is 5.78. The number of carbonyl (C=O) groups excluding carboxylic acids is 2. The number of anilines is 1. The fourth-order valence-electron chi connectivity index (χ4n) is 4.76. The number of nitrogens with zero attached hydrogens (tertiary/aromatic N) is 1. The first kappa shape index (κ1) is 22.7. The monoisotopic (exact) mass is 489 g/mol. The number of aromatic nitrogens is 1. The van der Waals surface area contributed by atoms with E-state index in [1.54, 1.807) is 11.3 Å². The van der Waals surface area contributed by atoms with Crippen molar-refractivity contribution >= 4 is 50.4 Å². The van der Waals surface area contributed by atoms with Crippen molar-refractivity contribution in [2.24, 2.45) is 17.1 Å². The number of para-hydroxylation sites is 1. The molecule has 0 saturated heterocycles. The molecule has 3 aromatic heterocycles. The van der Waals surface area contributed by atoms with Crippen molar-refractivity contribution in [3.63, 3.8) is 0 Å². The summed E-state index contributed by atoms with van der Waals surface area (Å²) in [4.78, 5) is 32.9. The van der Waals surface area contributed by atoms with Gasteiger partial charge in [0.05, 0.1) is 27.2 Å². The summed E-state index contributed by atoms with van der Waals surface area (Å²) in [6, 6.07) is 13.4. The molecule has 5 rings (SSSR count). The van der Waals surface area contributed by atoms with Crippen molar-refractivity contribution in [1.29, 1.82) is 0 Å². The summed E-state index contributed by atoms with van der Waals surface area (Å²) in [6.45, 7) is 6.77. The van der Waals surface area contributed by atoms with Crippen LogP contribution in [0.1, 0.15) is 58.3 Å². The lowest BCUT2D eigenvalue weighted by Crippen LogP contribution is -2.27. The lowest BCUT2D eigenvalue weighted by Gasteiger charge is -2.33. The second kappa shape index (κ2) is 8.64. The second-order valence-corrected chi connectivity index (χ2v) is 11.9. The maximum absolute atomic E-state index is 13.6. The minimum absolute atomic E-state index is 0.187. The summed E-state index contributed by atoms with van der Waals surface area (Å²) >= 11 is 3.08. The van der Waals surface area contributed by atoms with Gasteiger partial charge in [0.25, 0.3) is 11.8 Å². The van der Waals surface area contributed by atoms with Gasteiger partial charge in [-0.1, -0.05) is 45.0 Å². The number of rotatable bonds is 4. The van der Waals surface area contributed by atoms with Gasteiger partial charge in [-0.3, -0.25) is 9.59 Å². The number of primary amides is 1. The lowest BCUT2D eigenvalue weighted by molar-refractivity contribution is 0.1000. The Bertz CT molecular complexity index is 1400. The highest BCUT2D eigenvalue weighted by Gasteiger charge is 2.33. The molecule has 1 atom stereocenters. The average molecular weight is 490 g/mol. The summed E-state index contributed by atoms with van der Waals surface area (Å²) in [5.74, 6) is -0.217. The number of nitrogens with two attached hydrogens (primary N) is 1. The zero-order chi connectivity index (χ0) is 24.0. The zero-order valence-corrected chi connectivity index (χ0v) is 21.1. The third-order valence-corrected chi connectivity index (χ3v) is 8.76. The number of thiophene rings is 2. The quantitative estimate of drug-likeness (QED) is 0.342. The van der Waals surface area contributed by atoms with Crippen LogP contribution >= 0.6 is 22.7 Å². The minimum Gasteiger partial charge on any atom is -0.365 e. The molecule has 0 unspecified atom stereocenters. The van der Waals surface area contributed by atoms with Gasteiger partial charge in [-0.15, -0.1) is 22.7 Å². The van der Waals surface area contributed by atoms with E-state index in [4.69, 9.17) is 10.7 Å². The van der Waals surface area contributed by atoms with E-state index in [1.807, 2.05) is 47.8 Å². The van der Waals surface area contributed by atoms with Crippen LogP contribution in [0.15, 0.2) is 47.8 Å². The molecule has 3 N–H and O–H groups in total. The van der Waals surface area contributed by atoms with E-state index in [9.17, 15) is 9.59 Å². The molecule has 0 radical (unpaired) electrons. The Balaban J connectivity index is 1.54. The van der Waals surface area contributed by atoms with Crippen LogP contribution in [0.25, 0.3) is 21.5 Å². The number of hydrogen-bond acceptors (Lipinski definition) is 5. The molecule has 0 aliphatic heterocycles. The number of benzene rings is 1. The number of pyridine rings is 1. The molecule has 0 fully saturated rings. The average Bonchev–Trinajstić information content (AvgIpc) is 3.45. The van der Waals surface area contributed by atoms with Crippen LogP contribution in [0.2, 0.25) is 0 Å². The SMILES string of the molecule is CC(C)(C)[C@@H]1CCc2c(sc(NC(=O)c3cc(-c4cccs4)nc4ccccc34)c2C(N)=O)C1. The van der Waals surface area contributed by atoms with Crippen LogP contribution in [0, 0.1) is 11.3 Å². The molecule has 5 nitrogen and oxygen atoms in total. The number of carbonyl (C=O) groups is 2. The molecule has 34 heavy (non-hydrogen) atoms. The molecule has 4 aromatic rings. The first-order valence-electron chi connectivity index (χ1n) is 11.4. The molecule has 0 bridgehead atoms. The van der Waals surface area contributed by atoms with Gasteiger partial charge in [-0.25, -0.2) is 4.98 Å². The topological polar surface area (TPSA) is 85.1 Å². The van der Waals surface area contributed by atoms with Crippen LogP contribution in [0.5, 0.6) is 0 Å². The highest BCUT2D eigenvalue weighted by Crippen LogP contribution is 2.44. The van der Waals surface area contributed by atoms with Crippen molar-refractivity contribution in [2.75, 3.05) is 5.32 Å². The third-order valence-electron chi connectivity index (χ3n) is 6.70. The fraction of sp³-hybridized carbons (Fsp3) is 0.296. The van der Waals surface area contributed by atoms with Crippen LogP contribution < -0.4 is 11.1 Å². The molecule has 0 spiro atoms. The van der Waals surface area contributed by atoms with Gasteiger partial charge >= 0.3 is 0 Å². The van der Waals surface area contributed by atoms with E-state index in [2.05, 4.69) is 26.1 Å². The zero-order valence-electron chi connectivity index (χ0n) is 19.5. The largest absolute Gasteiger partial charge is 0.365 e. The van der Waals surface area contributed by atoms with Crippen LogP contribution in [0.3, 0.4) is 0 Å². The predicted octanol–water partition coefficient (Wildman–Crippen LogP) is 6.53. The Morgan fingerprint density at radius 1 is 1.15 bits per heavy atom. The van der Waals surface area contributed by atoms with Crippen LogP contribution in [-0.2, 0) is 12.8 Å². The Morgan fingerprint density at radius 2 is 1.94 bits per heavy atom. The first-order valence-corrected chi connectivity index (χ1v) is 13.1. The number of amides is 2. The molecule has 3 heterocycles. The van der Waals surface area contributed by atoms with E-state index >= 15 is 0 Å². The standard InChI is InChI=1S/C27H27N3O2S2/c1-27(2,3)15-10-11-17-22(13-15)34-26(23(17)24(28)31)30-25(32)18-14-20(21-9-6-12-33-21)29-19-8-5-4-7-16(18)19/h4-9,12,14-15H,10-11,13H2,1-3H3,(H2,28,31)(H,30,32)/t15-/m1/s1. The summed E-state index contributed by atoms with van der Waals surface area (Å²) < 4.78 is 0. The van der Waals surface area contributed by atoms with Crippen molar-refractivity contribution in [3.8, 4) is 10.6 Å². The summed E-state index contributed by atoms with van der Waals surface area (Å²) in [6.07, 6.45) is 2.73. The highest BCUT2D eigenvalue weighted by atomic mass is 32.1. The number of hydrogen-bond donors (Lipinski definition) is 2. The number of nitrogens with one attached hydrogen (secondary N) is 1. The van der Waals surface area contributed by atoms with Gasteiger partial charge in [0.1, 0.15) is 5.00 Å². The minimum atomic E-state index is -0.485. The molecule has 7 heteroatoms. The first-order chi connectivity index (χ1) is 16.2. The fourth-order valence-corrected chi connectivity index (χ4v) is 6.77. The van der Waals surface area contributed by atoms with Gasteiger partial charge in [-0.2, -0.15) is 0 Å². The molecule has 0 saturated carbocycles. The predicted molar refractivity (Wildman–Crippen MR) is 141 cm³/mol. The van der Waals surface area contributed by atoms with E-state index in [0.29, 0.717) is 22.0 Å². The van der Waals surface area contributed by atoms with E-state index in [1.165, 1.54) is 11.3 Å². The van der Waals surface area contributed by atoms with Crippen molar-refractivity contribution in [3.05, 3.63) is 69.4 Å². The third kappa shape index (κ3) is 4.14. The smallest absolute Gasteiger partial charge is 0.257 e.